The number of nitrogens with one attached hydrogen (secondary N) is 1. The van der Waals surface area contributed by atoms with E-state index in [9.17, 15) is 24.3 Å². The van der Waals surface area contributed by atoms with Crippen molar-refractivity contribution in [3.05, 3.63) is 65.2 Å². The number of aliphatic carboxylic acids is 1. The zero-order valence-corrected chi connectivity index (χ0v) is 18.3. The molecule has 2 aliphatic heterocycles. The van der Waals surface area contributed by atoms with Crippen molar-refractivity contribution in [1.82, 2.24) is 10.2 Å². The number of benzene rings is 2. The third-order valence-corrected chi connectivity index (χ3v) is 6.44. The number of nitrogens with zero attached hydrogens (tertiary/aromatic N) is 2. The second-order valence-corrected chi connectivity index (χ2v) is 8.75. The van der Waals surface area contributed by atoms with Gasteiger partial charge in [-0.05, 0) is 53.8 Å². The highest BCUT2D eigenvalue weighted by molar-refractivity contribution is 7.98. The lowest BCUT2D eigenvalue weighted by Gasteiger charge is -2.28. The number of thioether (sulfide) groups is 1. The SMILES string of the molecule is CSCC[C@@H](NC(=O)c1ccc(N2C(=O)[C@@H]3Cc4ccccc4CN3C2=O)cc1)C(=O)O. The Hall–Kier alpha value is -3.33. The van der Waals surface area contributed by atoms with Crippen LogP contribution in [0.15, 0.2) is 48.5 Å². The van der Waals surface area contributed by atoms with Crippen molar-refractivity contribution in [3.63, 3.8) is 0 Å². The Morgan fingerprint density at radius 2 is 1.81 bits per heavy atom. The summed E-state index contributed by atoms with van der Waals surface area (Å²) >= 11 is 1.50. The summed E-state index contributed by atoms with van der Waals surface area (Å²) in [4.78, 5) is 52.6. The van der Waals surface area contributed by atoms with Gasteiger partial charge < -0.3 is 15.3 Å². The lowest BCUT2D eigenvalue weighted by atomic mass is 9.95. The predicted molar refractivity (Wildman–Crippen MR) is 121 cm³/mol. The number of amides is 4. The number of anilines is 1. The third kappa shape index (κ3) is 4.08. The monoisotopic (exact) mass is 453 g/mol. The largest absolute Gasteiger partial charge is 0.480 e. The molecule has 0 unspecified atom stereocenters. The van der Waals surface area contributed by atoms with Gasteiger partial charge in [0.05, 0.1) is 5.69 Å². The van der Waals surface area contributed by atoms with Crippen molar-refractivity contribution in [2.24, 2.45) is 0 Å². The van der Waals surface area contributed by atoms with Gasteiger partial charge >= 0.3 is 12.0 Å². The van der Waals surface area contributed by atoms with E-state index in [0.717, 1.165) is 16.0 Å². The minimum atomic E-state index is -1.09. The Kier molecular flexibility index (Phi) is 6.18. The average Bonchev–Trinajstić information content (AvgIpc) is 3.04. The summed E-state index contributed by atoms with van der Waals surface area (Å²) in [7, 11) is 0. The number of imide groups is 1. The smallest absolute Gasteiger partial charge is 0.332 e. The molecule has 1 fully saturated rings. The van der Waals surface area contributed by atoms with Crippen LogP contribution in [0.1, 0.15) is 27.9 Å². The standard InChI is InChI=1S/C23H23N3O5S/c1-32-11-10-18(22(29)30)24-20(27)14-6-8-17(9-7-14)26-21(28)19-12-15-4-2-3-5-16(15)13-25(19)23(26)31/h2-9,18-19H,10-13H2,1H3,(H,24,27)(H,29,30)/t18-,19+/m1/s1. The molecule has 4 amide bonds. The molecule has 2 aliphatic rings. The molecule has 4 rings (SSSR count). The van der Waals surface area contributed by atoms with Crippen LogP contribution in [0.2, 0.25) is 0 Å². The maximum atomic E-state index is 13.0. The highest BCUT2D eigenvalue weighted by Crippen LogP contribution is 2.32. The maximum Gasteiger partial charge on any atom is 0.332 e. The van der Waals surface area contributed by atoms with E-state index in [0.29, 0.717) is 30.8 Å². The molecule has 0 aliphatic carbocycles. The fourth-order valence-electron chi connectivity index (χ4n) is 4.05. The van der Waals surface area contributed by atoms with Crippen LogP contribution in [-0.2, 0) is 22.6 Å². The minimum Gasteiger partial charge on any atom is -0.480 e. The molecule has 9 heteroatoms. The van der Waals surface area contributed by atoms with Crippen LogP contribution in [0.25, 0.3) is 0 Å². The fraction of sp³-hybridized carbons (Fsp3) is 0.304. The van der Waals surface area contributed by atoms with E-state index in [1.807, 2.05) is 30.5 Å². The summed E-state index contributed by atoms with van der Waals surface area (Å²) in [6.45, 7) is 0.384. The topological polar surface area (TPSA) is 107 Å². The first kappa shape index (κ1) is 21.9. The molecule has 2 heterocycles. The van der Waals surface area contributed by atoms with Gasteiger partial charge in [0.25, 0.3) is 11.8 Å². The second-order valence-electron chi connectivity index (χ2n) is 7.77. The van der Waals surface area contributed by atoms with Crippen molar-refractivity contribution in [1.29, 1.82) is 0 Å². The number of hydrogen-bond acceptors (Lipinski definition) is 5. The lowest BCUT2D eigenvalue weighted by Crippen LogP contribution is -2.41. The summed E-state index contributed by atoms with van der Waals surface area (Å²) in [5, 5.41) is 11.8. The second kappa shape index (κ2) is 9.04. The molecule has 0 radical (unpaired) electrons. The molecule has 2 N–H and O–H groups in total. The van der Waals surface area contributed by atoms with E-state index in [1.54, 1.807) is 4.90 Å². The lowest BCUT2D eigenvalue weighted by molar-refractivity contribution is -0.139. The first-order valence-corrected chi connectivity index (χ1v) is 11.6. The average molecular weight is 454 g/mol. The van der Waals surface area contributed by atoms with Crippen molar-refractivity contribution >= 4 is 41.3 Å². The molecule has 0 saturated carbocycles. The summed E-state index contributed by atoms with van der Waals surface area (Å²) in [6.07, 6.45) is 2.66. The molecule has 166 valence electrons. The van der Waals surface area contributed by atoms with Crippen LogP contribution >= 0.6 is 11.8 Å². The normalized spacial score (nSPS) is 18.2. The van der Waals surface area contributed by atoms with Gasteiger partial charge in [-0.1, -0.05) is 24.3 Å². The van der Waals surface area contributed by atoms with E-state index < -0.39 is 24.0 Å². The molecule has 0 spiro atoms. The van der Waals surface area contributed by atoms with Crippen LogP contribution in [0.4, 0.5) is 10.5 Å². The summed E-state index contributed by atoms with van der Waals surface area (Å²) in [5.74, 6) is -1.28. The molecule has 8 nitrogen and oxygen atoms in total. The number of hydrogen-bond donors (Lipinski definition) is 2. The molecule has 2 aromatic rings. The Morgan fingerprint density at radius 3 is 2.47 bits per heavy atom. The quantitative estimate of drug-likeness (QED) is 0.624. The number of fused-ring (bicyclic) bond motifs is 2. The number of carboxylic acid groups (broad SMARTS) is 1. The molecule has 2 aromatic carbocycles. The van der Waals surface area contributed by atoms with Crippen molar-refractivity contribution < 1.29 is 24.3 Å². The van der Waals surface area contributed by atoms with Gasteiger partial charge in [0.1, 0.15) is 12.1 Å². The van der Waals surface area contributed by atoms with Crippen LogP contribution in [0, 0.1) is 0 Å². The number of carbonyl (C=O) groups excluding carboxylic acids is 3. The summed E-state index contributed by atoms with van der Waals surface area (Å²) in [5.41, 5.74) is 2.74. The molecular formula is C23H23N3O5S. The highest BCUT2D eigenvalue weighted by atomic mass is 32.2. The zero-order chi connectivity index (χ0) is 22.8. The van der Waals surface area contributed by atoms with Gasteiger partial charge in [-0.15, -0.1) is 0 Å². The number of rotatable bonds is 7. The van der Waals surface area contributed by atoms with E-state index in [1.165, 1.54) is 36.0 Å². The van der Waals surface area contributed by atoms with Crippen molar-refractivity contribution in [2.45, 2.75) is 31.5 Å². The van der Waals surface area contributed by atoms with Crippen LogP contribution < -0.4 is 10.2 Å². The summed E-state index contributed by atoms with van der Waals surface area (Å²) < 4.78 is 0. The highest BCUT2D eigenvalue weighted by Gasteiger charge is 2.47. The van der Waals surface area contributed by atoms with Crippen LogP contribution in [0.3, 0.4) is 0 Å². The Labute approximate surface area is 189 Å². The number of urea groups is 1. The van der Waals surface area contributed by atoms with Gasteiger partial charge in [0.2, 0.25) is 0 Å². The van der Waals surface area contributed by atoms with Crippen molar-refractivity contribution in [3.8, 4) is 0 Å². The van der Waals surface area contributed by atoms with Gasteiger partial charge in [0.15, 0.2) is 0 Å². The van der Waals surface area contributed by atoms with Gasteiger partial charge in [0, 0.05) is 18.5 Å². The predicted octanol–water partition coefficient (Wildman–Crippen LogP) is 2.52. The zero-order valence-electron chi connectivity index (χ0n) is 17.5. The number of carboxylic acids is 1. The first-order chi connectivity index (χ1) is 15.4. The Bertz CT molecular complexity index is 1030. The van der Waals surface area contributed by atoms with E-state index >= 15 is 0 Å². The van der Waals surface area contributed by atoms with Gasteiger partial charge in [-0.25, -0.2) is 14.5 Å². The molecule has 1 saturated heterocycles. The minimum absolute atomic E-state index is 0.258. The molecule has 2 atom stereocenters. The maximum absolute atomic E-state index is 13.0. The van der Waals surface area contributed by atoms with E-state index in [-0.39, 0.29) is 17.5 Å². The van der Waals surface area contributed by atoms with E-state index in [2.05, 4.69) is 5.32 Å². The Morgan fingerprint density at radius 1 is 1.12 bits per heavy atom. The van der Waals surface area contributed by atoms with E-state index in [4.69, 9.17) is 0 Å². The van der Waals surface area contributed by atoms with Crippen LogP contribution in [-0.4, -0.2) is 57.9 Å². The van der Waals surface area contributed by atoms with Gasteiger partial charge in [-0.2, -0.15) is 11.8 Å². The molecule has 32 heavy (non-hydrogen) atoms. The number of carbonyl (C=O) groups is 4. The van der Waals surface area contributed by atoms with Gasteiger partial charge in [-0.3, -0.25) is 9.59 Å². The summed E-state index contributed by atoms with van der Waals surface area (Å²) in [6, 6.07) is 11.9. The van der Waals surface area contributed by atoms with Crippen molar-refractivity contribution in [2.75, 3.05) is 16.9 Å². The molecule has 0 bridgehead atoms. The third-order valence-electron chi connectivity index (χ3n) is 5.79. The fourth-order valence-corrected chi connectivity index (χ4v) is 4.52. The molecule has 0 aromatic heterocycles. The van der Waals surface area contributed by atoms with Crippen LogP contribution in [0.5, 0.6) is 0 Å². The molecular weight excluding hydrogens is 430 g/mol. The Balaban J connectivity index is 1.49. The first-order valence-electron chi connectivity index (χ1n) is 10.2.